The number of nitrogens with zero attached hydrogens (tertiary/aromatic N) is 3. The first-order chi connectivity index (χ1) is 11.5. The van der Waals surface area contributed by atoms with Gasteiger partial charge in [-0.15, -0.1) is 0 Å². The number of hydrogen-bond acceptors (Lipinski definition) is 5. The first kappa shape index (κ1) is 17.2. The predicted octanol–water partition coefficient (Wildman–Crippen LogP) is 2.76. The Morgan fingerprint density at radius 1 is 0.917 bits per heavy atom. The van der Waals surface area contributed by atoms with E-state index in [0.717, 1.165) is 51.6 Å². The minimum absolute atomic E-state index is 0.0269. The van der Waals surface area contributed by atoms with Crippen LogP contribution < -0.4 is 4.90 Å². The van der Waals surface area contributed by atoms with E-state index in [1.54, 1.807) is 6.07 Å². The molecule has 0 aliphatic carbocycles. The Hall–Kier alpha value is -1.67. The summed E-state index contributed by atoms with van der Waals surface area (Å²) in [6.07, 6.45) is 5.75. The second kappa shape index (κ2) is 7.06. The summed E-state index contributed by atoms with van der Waals surface area (Å²) in [4.78, 5) is 13.0. The summed E-state index contributed by atoms with van der Waals surface area (Å²) in [6.45, 7) is 2.53. The molecule has 0 saturated carbocycles. The molecule has 1 aromatic rings. The topological polar surface area (TPSA) is 83.8 Å². The molecule has 0 N–H and O–H groups in total. The van der Waals surface area contributed by atoms with Crippen molar-refractivity contribution in [2.45, 2.75) is 43.4 Å². The smallest absolute Gasteiger partial charge is 0.293 e. The Morgan fingerprint density at radius 3 is 2.08 bits per heavy atom. The van der Waals surface area contributed by atoms with Gasteiger partial charge in [0.1, 0.15) is 5.69 Å². The molecule has 2 fully saturated rings. The Morgan fingerprint density at radius 2 is 1.50 bits per heavy atom. The van der Waals surface area contributed by atoms with E-state index in [4.69, 9.17) is 0 Å². The number of hydrogen-bond donors (Lipinski definition) is 0. The Balaban J connectivity index is 1.95. The van der Waals surface area contributed by atoms with Crippen molar-refractivity contribution in [1.82, 2.24) is 4.31 Å². The zero-order valence-corrected chi connectivity index (χ0v) is 14.5. The minimum Gasteiger partial charge on any atom is -0.366 e. The highest BCUT2D eigenvalue weighted by Gasteiger charge is 2.29. The molecule has 0 radical (unpaired) electrons. The molecule has 0 atom stereocenters. The van der Waals surface area contributed by atoms with Crippen molar-refractivity contribution in [3.05, 3.63) is 28.3 Å². The number of nitro groups is 1. The third-order valence-electron chi connectivity index (χ3n) is 4.79. The quantitative estimate of drug-likeness (QED) is 0.614. The van der Waals surface area contributed by atoms with E-state index in [1.165, 1.54) is 16.4 Å². The third kappa shape index (κ3) is 3.39. The molecule has 2 saturated heterocycles. The second-order valence-electron chi connectivity index (χ2n) is 6.42. The lowest BCUT2D eigenvalue weighted by Crippen LogP contribution is -2.32. The van der Waals surface area contributed by atoms with Gasteiger partial charge in [-0.05, 0) is 37.8 Å². The van der Waals surface area contributed by atoms with Gasteiger partial charge in [-0.1, -0.05) is 12.8 Å². The third-order valence-corrected chi connectivity index (χ3v) is 6.69. The van der Waals surface area contributed by atoms with Gasteiger partial charge in [0.15, 0.2) is 0 Å². The van der Waals surface area contributed by atoms with E-state index in [-0.39, 0.29) is 10.6 Å². The summed E-state index contributed by atoms with van der Waals surface area (Å²) in [6, 6.07) is 4.34. The summed E-state index contributed by atoms with van der Waals surface area (Å²) >= 11 is 0. The molecule has 132 valence electrons. The van der Waals surface area contributed by atoms with Crippen molar-refractivity contribution in [2.75, 3.05) is 31.1 Å². The van der Waals surface area contributed by atoms with Crippen LogP contribution in [0.5, 0.6) is 0 Å². The zero-order chi connectivity index (χ0) is 17.2. The van der Waals surface area contributed by atoms with Gasteiger partial charge in [-0.25, -0.2) is 8.42 Å². The van der Waals surface area contributed by atoms with Crippen molar-refractivity contribution in [3.63, 3.8) is 0 Å². The molecule has 7 nitrogen and oxygen atoms in total. The van der Waals surface area contributed by atoms with Gasteiger partial charge in [0, 0.05) is 32.2 Å². The summed E-state index contributed by atoms with van der Waals surface area (Å²) in [5.74, 6) is 0. The molecule has 0 aromatic heterocycles. The number of rotatable bonds is 4. The van der Waals surface area contributed by atoms with Crippen LogP contribution in [0, 0.1) is 10.1 Å². The van der Waals surface area contributed by atoms with Crippen LogP contribution in [0.25, 0.3) is 0 Å². The van der Waals surface area contributed by atoms with Gasteiger partial charge in [0.2, 0.25) is 10.0 Å². The molecule has 0 spiro atoms. The van der Waals surface area contributed by atoms with Gasteiger partial charge < -0.3 is 4.90 Å². The molecule has 0 unspecified atom stereocenters. The minimum atomic E-state index is -3.67. The maximum Gasteiger partial charge on any atom is 0.293 e. The normalized spacial score (nSPS) is 20.1. The molecule has 24 heavy (non-hydrogen) atoms. The number of nitro benzene ring substituents is 1. The SMILES string of the molecule is O=[N+]([O-])c1cc(S(=O)(=O)N2CCCCCC2)ccc1N1CCCC1. The van der Waals surface area contributed by atoms with Crippen LogP contribution in [0.3, 0.4) is 0 Å². The molecule has 1 aromatic carbocycles. The monoisotopic (exact) mass is 353 g/mol. The average Bonchev–Trinajstić information content (AvgIpc) is 2.95. The lowest BCUT2D eigenvalue weighted by Gasteiger charge is -2.21. The van der Waals surface area contributed by atoms with E-state index in [1.807, 2.05) is 4.90 Å². The Kier molecular flexibility index (Phi) is 5.05. The fourth-order valence-electron chi connectivity index (χ4n) is 3.47. The average molecular weight is 353 g/mol. The van der Waals surface area contributed by atoms with Crippen LogP contribution >= 0.6 is 0 Å². The van der Waals surface area contributed by atoms with Crippen LogP contribution in [0.2, 0.25) is 0 Å². The first-order valence-electron chi connectivity index (χ1n) is 8.54. The molecule has 3 rings (SSSR count). The number of sulfonamides is 1. The maximum atomic E-state index is 12.8. The fraction of sp³-hybridized carbons (Fsp3) is 0.625. The molecule has 0 bridgehead atoms. The molecular weight excluding hydrogens is 330 g/mol. The van der Waals surface area contributed by atoms with E-state index < -0.39 is 14.9 Å². The maximum absolute atomic E-state index is 12.8. The van der Waals surface area contributed by atoms with Crippen molar-refractivity contribution in [3.8, 4) is 0 Å². The van der Waals surface area contributed by atoms with E-state index in [2.05, 4.69) is 0 Å². The Bertz CT molecular complexity index is 706. The molecule has 2 heterocycles. The van der Waals surface area contributed by atoms with Gasteiger partial charge in [-0.3, -0.25) is 10.1 Å². The van der Waals surface area contributed by atoms with Crippen molar-refractivity contribution in [2.24, 2.45) is 0 Å². The molecule has 8 heteroatoms. The lowest BCUT2D eigenvalue weighted by atomic mass is 10.2. The molecule has 2 aliphatic heterocycles. The first-order valence-corrected chi connectivity index (χ1v) is 9.98. The summed E-state index contributed by atoms with van der Waals surface area (Å²) < 4.78 is 27.1. The van der Waals surface area contributed by atoms with E-state index >= 15 is 0 Å². The Labute approximate surface area is 142 Å². The van der Waals surface area contributed by atoms with Crippen LogP contribution in [0.4, 0.5) is 11.4 Å². The van der Waals surface area contributed by atoms with Crippen molar-refractivity contribution >= 4 is 21.4 Å². The zero-order valence-electron chi connectivity index (χ0n) is 13.7. The van der Waals surface area contributed by atoms with Crippen LogP contribution in [-0.4, -0.2) is 43.8 Å². The summed E-state index contributed by atoms with van der Waals surface area (Å²) in [5.41, 5.74) is 0.403. The largest absolute Gasteiger partial charge is 0.366 e. The standard InChI is InChI=1S/C16H23N3O4S/c20-19(21)16-13-14(7-8-15(16)17-9-5-6-10-17)24(22,23)18-11-3-1-2-4-12-18/h7-8,13H,1-6,9-12H2. The second-order valence-corrected chi connectivity index (χ2v) is 8.36. The van der Waals surface area contributed by atoms with Crippen LogP contribution in [0.1, 0.15) is 38.5 Å². The van der Waals surface area contributed by atoms with Crippen molar-refractivity contribution in [1.29, 1.82) is 0 Å². The van der Waals surface area contributed by atoms with Gasteiger partial charge in [0.05, 0.1) is 9.82 Å². The summed E-state index contributed by atoms with van der Waals surface area (Å²) in [5, 5.41) is 11.5. The fourth-order valence-corrected chi connectivity index (χ4v) is 5.00. The highest BCUT2D eigenvalue weighted by Crippen LogP contribution is 2.34. The highest BCUT2D eigenvalue weighted by atomic mass is 32.2. The van der Waals surface area contributed by atoms with Gasteiger partial charge in [0.25, 0.3) is 5.69 Å². The van der Waals surface area contributed by atoms with Gasteiger partial charge >= 0.3 is 0 Å². The van der Waals surface area contributed by atoms with E-state index in [9.17, 15) is 18.5 Å². The molecular formula is C16H23N3O4S. The summed E-state index contributed by atoms with van der Waals surface area (Å²) in [7, 11) is -3.67. The van der Waals surface area contributed by atoms with E-state index in [0.29, 0.717) is 18.8 Å². The molecule has 0 amide bonds. The van der Waals surface area contributed by atoms with Crippen LogP contribution in [0.15, 0.2) is 23.1 Å². The van der Waals surface area contributed by atoms with Crippen LogP contribution in [-0.2, 0) is 10.0 Å². The predicted molar refractivity (Wildman–Crippen MR) is 91.8 cm³/mol. The highest BCUT2D eigenvalue weighted by molar-refractivity contribution is 7.89. The number of benzene rings is 1. The lowest BCUT2D eigenvalue weighted by molar-refractivity contribution is -0.384. The van der Waals surface area contributed by atoms with Gasteiger partial charge in [-0.2, -0.15) is 4.31 Å². The molecule has 2 aliphatic rings. The number of anilines is 1. The van der Waals surface area contributed by atoms with Crippen molar-refractivity contribution < 1.29 is 13.3 Å².